The van der Waals surface area contributed by atoms with Crippen molar-refractivity contribution in [1.29, 1.82) is 5.26 Å². The number of aromatic nitrogens is 1. The van der Waals surface area contributed by atoms with Crippen LogP contribution in [-0.2, 0) is 16.6 Å². The number of rotatable bonds is 9. The zero-order chi connectivity index (χ0) is 28.0. The second kappa shape index (κ2) is 12.6. The number of nitrogens with zero attached hydrogens (tertiary/aromatic N) is 3. The third-order valence-electron chi connectivity index (χ3n) is 7.79. The number of carbonyl (C=O) groups is 1. The number of likely N-dealkylation sites (N-methyl/N-ethyl adjacent to an activating group) is 1. The van der Waals surface area contributed by atoms with E-state index in [9.17, 15) is 15.2 Å². The summed E-state index contributed by atoms with van der Waals surface area (Å²) in [5.74, 6) is 0.733. The zero-order valence-corrected chi connectivity index (χ0v) is 24.1. The Morgan fingerprint density at radius 2 is 2.10 bits per heavy atom. The summed E-state index contributed by atoms with van der Waals surface area (Å²) in [6.07, 6.45) is 9.40. The minimum absolute atomic E-state index is 0.141. The first-order valence-electron chi connectivity index (χ1n) is 13.3. The van der Waals surface area contributed by atoms with Crippen molar-refractivity contribution in [1.82, 2.24) is 9.88 Å². The number of pyridine rings is 1. The molecule has 4 rings (SSSR count). The molecule has 1 amide bonds. The summed E-state index contributed by atoms with van der Waals surface area (Å²) in [4.78, 5) is 19.6. The highest BCUT2D eigenvalue weighted by Crippen LogP contribution is 2.40. The van der Waals surface area contributed by atoms with Crippen molar-refractivity contribution in [2.24, 2.45) is 0 Å². The van der Waals surface area contributed by atoms with E-state index in [1.54, 1.807) is 18.5 Å². The molecule has 1 aliphatic rings. The Kier molecular flexibility index (Phi) is 9.21. The molecule has 0 bridgehead atoms. The quantitative estimate of drug-likeness (QED) is 0.283. The van der Waals surface area contributed by atoms with Gasteiger partial charge in [0.2, 0.25) is 5.91 Å². The van der Waals surface area contributed by atoms with E-state index >= 15 is 0 Å². The Bertz CT molecular complexity index is 1400. The number of amides is 1. The van der Waals surface area contributed by atoms with Crippen molar-refractivity contribution in [3.63, 3.8) is 0 Å². The molecule has 0 aliphatic carbocycles. The highest BCUT2D eigenvalue weighted by atomic mass is 79.9. The van der Waals surface area contributed by atoms with Crippen LogP contribution < -0.4 is 4.74 Å². The van der Waals surface area contributed by atoms with Crippen LogP contribution in [0.5, 0.6) is 11.5 Å². The third-order valence-corrected chi connectivity index (χ3v) is 8.48. The SMILES string of the molecule is C=CCc1c(Br)cncc1C(CO)c1ccc(C#N)c(Oc2cccc(C3(CC)CCCCN(C)C3=O)c2)c1. The van der Waals surface area contributed by atoms with Crippen molar-refractivity contribution in [3.05, 3.63) is 99.8 Å². The first-order valence-corrected chi connectivity index (χ1v) is 14.1. The van der Waals surface area contributed by atoms with Gasteiger partial charge in [0.25, 0.3) is 0 Å². The van der Waals surface area contributed by atoms with E-state index in [4.69, 9.17) is 4.74 Å². The molecule has 0 spiro atoms. The monoisotopic (exact) mass is 587 g/mol. The summed E-state index contributed by atoms with van der Waals surface area (Å²) in [5.41, 5.74) is 3.40. The lowest BCUT2D eigenvalue weighted by Gasteiger charge is -2.33. The van der Waals surface area contributed by atoms with Gasteiger partial charge in [0.05, 0.1) is 17.6 Å². The molecule has 1 fully saturated rings. The lowest BCUT2D eigenvalue weighted by atomic mass is 9.73. The van der Waals surface area contributed by atoms with E-state index in [0.717, 1.165) is 52.5 Å². The summed E-state index contributed by atoms with van der Waals surface area (Å²) in [7, 11) is 1.88. The van der Waals surface area contributed by atoms with Crippen LogP contribution in [-0.4, -0.2) is 41.1 Å². The van der Waals surface area contributed by atoms with E-state index in [1.165, 1.54) is 0 Å². The maximum absolute atomic E-state index is 13.5. The minimum atomic E-state index is -0.595. The fourth-order valence-corrected chi connectivity index (χ4v) is 6.10. The maximum Gasteiger partial charge on any atom is 0.232 e. The average Bonchev–Trinajstić information content (AvgIpc) is 3.09. The van der Waals surface area contributed by atoms with Crippen LogP contribution in [0, 0.1) is 11.3 Å². The summed E-state index contributed by atoms with van der Waals surface area (Å²) < 4.78 is 7.17. The molecule has 2 aromatic carbocycles. The highest BCUT2D eigenvalue weighted by Gasteiger charge is 2.41. The van der Waals surface area contributed by atoms with Crippen LogP contribution in [0.4, 0.5) is 0 Å². The highest BCUT2D eigenvalue weighted by molar-refractivity contribution is 9.10. The van der Waals surface area contributed by atoms with Gasteiger partial charge in [-0.25, -0.2) is 0 Å². The average molecular weight is 589 g/mol. The van der Waals surface area contributed by atoms with E-state index in [0.29, 0.717) is 29.9 Å². The number of likely N-dealkylation sites (tertiary alicyclic amines) is 1. The Labute approximate surface area is 239 Å². The van der Waals surface area contributed by atoms with Crippen molar-refractivity contribution in [3.8, 4) is 17.6 Å². The number of hydrogen-bond acceptors (Lipinski definition) is 5. The summed E-state index contributed by atoms with van der Waals surface area (Å²) in [6.45, 7) is 6.55. The number of allylic oxidation sites excluding steroid dienone is 1. The second-order valence-electron chi connectivity index (χ2n) is 10.0. The largest absolute Gasteiger partial charge is 0.456 e. The Hall–Kier alpha value is -3.47. The van der Waals surface area contributed by atoms with Gasteiger partial charge in [-0.05, 0) is 88.1 Å². The topological polar surface area (TPSA) is 86.4 Å². The summed E-state index contributed by atoms with van der Waals surface area (Å²) >= 11 is 3.58. The van der Waals surface area contributed by atoms with Crippen LogP contribution in [0.25, 0.3) is 0 Å². The zero-order valence-electron chi connectivity index (χ0n) is 22.5. The van der Waals surface area contributed by atoms with Gasteiger partial charge in [-0.3, -0.25) is 9.78 Å². The van der Waals surface area contributed by atoms with Crippen molar-refractivity contribution in [2.45, 2.75) is 50.4 Å². The number of benzene rings is 2. The van der Waals surface area contributed by atoms with Gasteiger partial charge in [0.15, 0.2) is 0 Å². The number of aliphatic hydroxyl groups excluding tert-OH is 1. The van der Waals surface area contributed by atoms with Gasteiger partial charge in [-0.15, -0.1) is 6.58 Å². The fraction of sp³-hybridized carbons (Fsp3) is 0.344. The molecule has 2 atom stereocenters. The summed E-state index contributed by atoms with van der Waals surface area (Å²) in [5, 5.41) is 20.2. The van der Waals surface area contributed by atoms with Crippen LogP contribution in [0.2, 0.25) is 0 Å². The molecule has 1 N–H and O–H groups in total. The van der Waals surface area contributed by atoms with E-state index < -0.39 is 5.41 Å². The molecule has 202 valence electrons. The molecule has 1 saturated heterocycles. The van der Waals surface area contributed by atoms with Crippen molar-refractivity contribution < 1.29 is 14.6 Å². The Morgan fingerprint density at radius 3 is 2.82 bits per heavy atom. The van der Waals surface area contributed by atoms with Gasteiger partial charge >= 0.3 is 0 Å². The van der Waals surface area contributed by atoms with Gasteiger partial charge in [-0.1, -0.05) is 37.6 Å². The molecule has 7 heteroatoms. The van der Waals surface area contributed by atoms with Gasteiger partial charge < -0.3 is 14.7 Å². The first-order chi connectivity index (χ1) is 18.9. The molecule has 2 heterocycles. The molecular weight excluding hydrogens is 554 g/mol. The molecule has 3 aromatic rings. The van der Waals surface area contributed by atoms with Crippen LogP contribution in [0.3, 0.4) is 0 Å². The predicted octanol–water partition coefficient (Wildman–Crippen LogP) is 6.65. The lowest BCUT2D eigenvalue weighted by Crippen LogP contribution is -2.43. The number of aliphatic hydroxyl groups is 1. The van der Waals surface area contributed by atoms with E-state index in [-0.39, 0.29) is 18.4 Å². The molecule has 39 heavy (non-hydrogen) atoms. The standard InChI is InChI=1S/C32H34BrN3O3/c1-4-9-26-27(19-35-20-29(26)33)28(21-37)22-12-13-23(18-34)30(16-22)39-25-11-8-10-24(17-25)32(5-2)14-6-7-15-36(3)31(32)38/h4,8,10-13,16-17,19-20,28,37H,1,5-7,9,14-15,21H2,2-3H3. The molecule has 1 aromatic heterocycles. The molecule has 0 radical (unpaired) electrons. The molecule has 1 aliphatic heterocycles. The number of ether oxygens (including phenoxy) is 1. The third kappa shape index (κ3) is 5.78. The van der Waals surface area contributed by atoms with Crippen molar-refractivity contribution in [2.75, 3.05) is 20.2 Å². The smallest absolute Gasteiger partial charge is 0.232 e. The Morgan fingerprint density at radius 1 is 1.28 bits per heavy atom. The minimum Gasteiger partial charge on any atom is -0.456 e. The molecule has 0 saturated carbocycles. The molecular formula is C32H34BrN3O3. The first kappa shape index (κ1) is 28.5. The van der Waals surface area contributed by atoms with E-state index in [2.05, 4.69) is 40.5 Å². The molecule has 6 nitrogen and oxygen atoms in total. The molecule has 2 unspecified atom stereocenters. The number of nitriles is 1. The van der Waals surface area contributed by atoms with Gasteiger partial charge in [0, 0.05) is 36.4 Å². The normalized spacial score (nSPS) is 18.2. The van der Waals surface area contributed by atoms with Crippen molar-refractivity contribution >= 4 is 21.8 Å². The predicted molar refractivity (Wildman–Crippen MR) is 156 cm³/mol. The number of halogens is 1. The van der Waals surface area contributed by atoms with E-state index in [1.807, 2.05) is 54.4 Å². The maximum atomic E-state index is 13.5. The second-order valence-corrected chi connectivity index (χ2v) is 10.9. The number of carbonyl (C=O) groups excluding carboxylic acids is 1. The van der Waals surface area contributed by atoms with Gasteiger partial charge in [-0.2, -0.15) is 5.26 Å². The lowest BCUT2D eigenvalue weighted by molar-refractivity contribution is -0.135. The van der Waals surface area contributed by atoms with Gasteiger partial charge in [0.1, 0.15) is 17.6 Å². The fourth-order valence-electron chi connectivity index (χ4n) is 5.59. The van der Waals surface area contributed by atoms with Crippen LogP contribution in [0.1, 0.15) is 66.3 Å². The Balaban J connectivity index is 1.72. The van der Waals surface area contributed by atoms with Crippen LogP contribution in [0.15, 0.2) is 72.0 Å². The summed E-state index contributed by atoms with van der Waals surface area (Å²) in [6, 6.07) is 15.3. The number of hydrogen-bond donors (Lipinski definition) is 1. The van der Waals surface area contributed by atoms with Crippen LogP contribution >= 0.6 is 15.9 Å².